The number of fused-ring (bicyclic) bond motifs is 1. The van der Waals surface area contributed by atoms with Crippen LogP contribution in [-0.4, -0.2) is 24.6 Å². The number of pyridine rings is 1. The molecule has 3 heterocycles. The molecule has 0 amide bonds. The van der Waals surface area contributed by atoms with E-state index in [-0.39, 0.29) is 0 Å². The van der Waals surface area contributed by atoms with Gasteiger partial charge in [0.05, 0.1) is 5.69 Å². The van der Waals surface area contributed by atoms with E-state index in [0.29, 0.717) is 11.1 Å². The number of hydrogen-bond donors (Lipinski definition) is 2. The van der Waals surface area contributed by atoms with E-state index in [1.54, 1.807) is 0 Å². The lowest BCUT2D eigenvalue weighted by Crippen LogP contribution is -1.85. The minimum Gasteiger partial charge on any atom is -0.368 e. The van der Waals surface area contributed by atoms with E-state index in [2.05, 4.69) is 33.2 Å². The molecule has 0 bridgehead atoms. The molecule has 0 aliphatic carbocycles. The minimum atomic E-state index is 0.336. The van der Waals surface area contributed by atoms with E-state index in [1.807, 2.05) is 22.9 Å². The van der Waals surface area contributed by atoms with Crippen molar-refractivity contribution in [3.63, 3.8) is 0 Å². The van der Waals surface area contributed by atoms with E-state index < -0.39 is 0 Å². The number of nitrogens with two attached hydrogens (primary N) is 1. The van der Waals surface area contributed by atoms with Gasteiger partial charge in [-0.3, -0.25) is 0 Å². The summed E-state index contributed by atoms with van der Waals surface area (Å²) in [5.74, 6) is 1.06. The zero-order valence-corrected chi connectivity index (χ0v) is 10.6. The number of aryl methyl sites for hydroxylation is 1. The standard InChI is InChI=1S/C11H12N6S/c1-7-3-2-4-17-5-8(13-9(7)17)6-18-11-14-10(12)15-16-11/h2-5H,6H2,1H3,(H3,12,14,15,16). The molecule has 0 spiro atoms. The van der Waals surface area contributed by atoms with E-state index in [9.17, 15) is 0 Å². The Hall–Kier alpha value is -2.02. The Balaban J connectivity index is 1.81. The van der Waals surface area contributed by atoms with Crippen molar-refractivity contribution in [3.05, 3.63) is 35.8 Å². The highest BCUT2D eigenvalue weighted by molar-refractivity contribution is 7.98. The smallest absolute Gasteiger partial charge is 0.216 e. The van der Waals surface area contributed by atoms with Gasteiger partial charge in [0.1, 0.15) is 5.65 Å². The van der Waals surface area contributed by atoms with E-state index in [0.717, 1.165) is 22.7 Å². The monoisotopic (exact) mass is 260 g/mol. The van der Waals surface area contributed by atoms with Gasteiger partial charge in [-0.1, -0.05) is 17.8 Å². The van der Waals surface area contributed by atoms with Crippen molar-refractivity contribution in [1.82, 2.24) is 24.6 Å². The fraction of sp³-hybridized carbons (Fsp3) is 0.182. The Kier molecular flexibility index (Phi) is 2.67. The topological polar surface area (TPSA) is 84.9 Å². The van der Waals surface area contributed by atoms with Crippen molar-refractivity contribution in [3.8, 4) is 0 Å². The first kappa shape index (κ1) is 11.1. The van der Waals surface area contributed by atoms with Gasteiger partial charge in [-0.05, 0) is 18.6 Å². The van der Waals surface area contributed by atoms with Gasteiger partial charge < -0.3 is 10.1 Å². The van der Waals surface area contributed by atoms with Crippen molar-refractivity contribution in [2.45, 2.75) is 17.8 Å². The van der Waals surface area contributed by atoms with Gasteiger partial charge in [0, 0.05) is 18.1 Å². The van der Waals surface area contributed by atoms with Crippen LogP contribution in [0.3, 0.4) is 0 Å². The molecule has 92 valence electrons. The van der Waals surface area contributed by atoms with Gasteiger partial charge >= 0.3 is 0 Å². The van der Waals surface area contributed by atoms with Crippen LogP contribution in [-0.2, 0) is 5.75 Å². The summed E-state index contributed by atoms with van der Waals surface area (Å²) in [7, 11) is 0. The molecule has 0 aliphatic rings. The summed E-state index contributed by atoms with van der Waals surface area (Å²) in [6.07, 6.45) is 4.01. The molecule has 0 saturated carbocycles. The third-order valence-corrected chi connectivity index (χ3v) is 3.44. The van der Waals surface area contributed by atoms with Crippen LogP contribution in [0.25, 0.3) is 5.65 Å². The fourth-order valence-corrected chi connectivity index (χ4v) is 2.42. The number of thioether (sulfide) groups is 1. The predicted octanol–water partition coefficient (Wildman–Crippen LogP) is 1.64. The molecule has 0 saturated heterocycles. The zero-order valence-electron chi connectivity index (χ0n) is 9.79. The Morgan fingerprint density at radius 2 is 2.33 bits per heavy atom. The minimum absolute atomic E-state index is 0.336. The average Bonchev–Trinajstić information content (AvgIpc) is 2.93. The van der Waals surface area contributed by atoms with Gasteiger partial charge in [0.25, 0.3) is 0 Å². The molecular formula is C11H12N6S. The van der Waals surface area contributed by atoms with Gasteiger partial charge in [0.15, 0.2) is 0 Å². The van der Waals surface area contributed by atoms with Crippen LogP contribution in [0, 0.1) is 6.92 Å². The number of rotatable bonds is 3. The molecular weight excluding hydrogens is 248 g/mol. The maximum Gasteiger partial charge on any atom is 0.216 e. The SMILES string of the molecule is Cc1cccn2cc(CSc3n[nH]c(N)n3)nc12. The lowest BCUT2D eigenvalue weighted by Gasteiger charge is -1.94. The normalized spacial score (nSPS) is 11.2. The second-order valence-corrected chi connectivity index (χ2v) is 4.89. The molecule has 7 heteroatoms. The molecule has 0 radical (unpaired) electrons. The molecule has 0 aliphatic heterocycles. The van der Waals surface area contributed by atoms with Crippen molar-refractivity contribution in [2.24, 2.45) is 0 Å². The van der Waals surface area contributed by atoms with Crippen LogP contribution in [0.5, 0.6) is 0 Å². The van der Waals surface area contributed by atoms with E-state index in [1.165, 1.54) is 11.8 Å². The first-order valence-corrected chi connectivity index (χ1v) is 6.45. The van der Waals surface area contributed by atoms with Crippen LogP contribution >= 0.6 is 11.8 Å². The molecule has 3 N–H and O–H groups in total. The predicted molar refractivity (Wildman–Crippen MR) is 70.3 cm³/mol. The van der Waals surface area contributed by atoms with Crippen LogP contribution < -0.4 is 5.73 Å². The molecule has 0 atom stereocenters. The number of aromatic nitrogens is 5. The lowest BCUT2D eigenvalue weighted by atomic mass is 10.3. The Morgan fingerprint density at radius 1 is 1.44 bits per heavy atom. The third kappa shape index (κ3) is 2.04. The number of nitrogens with one attached hydrogen (secondary N) is 1. The number of nitrogen functional groups attached to an aromatic ring is 1. The zero-order chi connectivity index (χ0) is 12.5. The maximum atomic E-state index is 5.47. The molecule has 0 fully saturated rings. The summed E-state index contributed by atoms with van der Waals surface area (Å²) >= 11 is 1.51. The number of H-pyrrole nitrogens is 1. The van der Waals surface area contributed by atoms with Crippen molar-refractivity contribution < 1.29 is 0 Å². The lowest BCUT2D eigenvalue weighted by molar-refractivity contribution is 0.972. The number of imidazole rings is 1. The first-order valence-electron chi connectivity index (χ1n) is 5.46. The summed E-state index contributed by atoms with van der Waals surface area (Å²) in [6.45, 7) is 2.05. The Morgan fingerprint density at radius 3 is 3.06 bits per heavy atom. The molecule has 3 aromatic rings. The van der Waals surface area contributed by atoms with Crippen LogP contribution in [0.4, 0.5) is 5.95 Å². The largest absolute Gasteiger partial charge is 0.368 e. The molecule has 0 aromatic carbocycles. The van der Waals surface area contributed by atoms with E-state index in [4.69, 9.17) is 5.73 Å². The number of nitrogens with zero attached hydrogens (tertiary/aromatic N) is 4. The molecule has 18 heavy (non-hydrogen) atoms. The van der Waals surface area contributed by atoms with Crippen LogP contribution in [0.1, 0.15) is 11.3 Å². The summed E-state index contributed by atoms with van der Waals surface area (Å²) in [6, 6.07) is 4.06. The van der Waals surface area contributed by atoms with Gasteiger partial charge in [-0.25, -0.2) is 10.1 Å². The van der Waals surface area contributed by atoms with Crippen molar-refractivity contribution in [2.75, 3.05) is 5.73 Å². The Labute approximate surface area is 108 Å². The quantitative estimate of drug-likeness (QED) is 0.699. The second kappa shape index (κ2) is 4.34. The van der Waals surface area contributed by atoms with Crippen LogP contribution in [0.2, 0.25) is 0 Å². The van der Waals surface area contributed by atoms with Crippen molar-refractivity contribution >= 4 is 23.4 Å². The number of hydrogen-bond acceptors (Lipinski definition) is 5. The fourth-order valence-electron chi connectivity index (χ4n) is 1.74. The molecule has 3 rings (SSSR count). The highest BCUT2D eigenvalue weighted by atomic mass is 32.2. The first-order chi connectivity index (χ1) is 8.72. The highest BCUT2D eigenvalue weighted by Crippen LogP contribution is 2.20. The van der Waals surface area contributed by atoms with Gasteiger partial charge in [-0.15, -0.1) is 5.10 Å². The molecule has 3 aromatic heterocycles. The van der Waals surface area contributed by atoms with E-state index >= 15 is 0 Å². The summed E-state index contributed by atoms with van der Waals surface area (Å²) in [4.78, 5) is 8.62. The summed E-state index contributed by atoms with van der Waals surface area (Å²) < 4.78 is 2.03. The molecule has 0 unspecified atom stereocenters. The number of aromatic amines is 1. The third-order valence-electron chi connectivity index (χ3n) is 2.56. The molecule has 6 nitrogen and oxygen atoms in total. The van der Waals surface area contributed by atoms with Crippen molar-refractivity contribution in [1.29, 1.82) is 0 Å². The Bertz CT molecular complexity index is 686. The number of anilines is 1. The van der Waals surface area contributed by atoms with Gasteiger partial charge in [0.2, 0.25) is 11.1 Å². The summed E-state index contributed by atoms with van der Waals surface area (Å²) in [5, 5.41) is 7.22. The van der Waals surface area contributed by atoms with Gasteiger partial charge in [-0.2, -0.15) is 4.98 Å². The van der Waals surface area contributed by atoms with Crippen LogP contribution in [0.15, 0.2) is 29.7 Å². The average molecular weight is 260 g/mol. The second-order valence-electron chi connectivity index (χ2n) is 3.95. The highest BCUT2D eigenvalue weighted by Gasteiger charge is 2.06. The summed E-state index contributed by atoms with van der Waals surface area (Å²) in [5.41, 5.74) is 8.62. The maximum absolute atomic E-state index is 5.47.